The fourth-order valence-corrected chi connectivity index (χ4v) is 4.07. The molecule has 1 aliphatic heterocycles. The highest BCUT2D eigenvalue weighted by atomic mass is 16.6. The minimum atomic E-state index is 0. The molecule has 112 valence electrons. The molecular formula is C16H30O3. The molecular weight excluding hydrogens is 240 g/mol. The summed E-state index contributed by atoms with van der Waals surface area (Å²) < 4.78 is 9.63. The number of hydrogen-bond acceptors (Lipinski definition) is 3. The van der Waals surface area contributed by atoms with Crippen LogP contribution in [0.25, 0.3) is 0 Å². The first-order valence-electron chi connectivity index (χ1n) is 7.28. The lowest BCUT2D eigenvalue weighted by Gasteiger charge is -2.40. The van der Waals surface area contributed by atoms with Crippen LogP contribution in [0.1, 0.15) is 52.9 Å². The second kappa shape index (κ2) is 7.28. The molecule has 1 saturated heterocycles. The van der Waals surface area contributed by atoms with Gasteiger partial charge in [-0.1, -0.05) is 33.1 Å². The van der Waals surface area contributed by atoms with Crippen molar-refractivity contribution in [2.45, 2.75) is 59.0 Å². The Morgan fingerprint density at radius 3 is 2.21 bits per heavy atom. The maximum atomic E-state index is 11.7. The van der Waals surface area contributed by atoms with E-state index < -0.39 is 0 Å². The third kappa shape index (κ3) is 3.50. The van der Waals surface area contributed by atoms with Gasteiger partial charge < -0.3 is 9.47 Å². The van der Waals surface area contributed by atoms with Crippen LogP contribution in [0, 0.1) is 23.7 Å². The topological polar surface area (TPSA) is 35.5 Å². The van der Waals surface area contributed by atoms with Crippen LogP contribution in [0.4, 0.5) is 0 Å². The normalized spacial score (nSPS) is 39.9. The summed E-state index contributed by atoms with van der Waals surface area (Å²) in [5.41, 5.74) is 0. The summed E-state index contributed by atoms with van der Waals surface area (Å²) in [5.74, 6) is 2.61. The molecule has 0 radical (unpaired) electrons. The van der Waals surface area contributed by atoms with Gasteiger partial charge in [0, 0.05) is 20.1 Å². The minimum absolute atomic E-state index is 0. The zero-order valence-corrected chi connectivity index (χ0v) is 11.9. The van der Waals surface area contributed by atoms with E-state index in [-0.39, 0.29) is 25.4 Å². The maximum Gasteiger partial charge on any atom is 0.309 e. The van der Waals surface area contributed by atoms with Crippen molar-refractivity contribution < 1.29 is 14.3 Å². The van der Waals surface area contributed by atoms with Gasteiger partial charge >= 0.3 is 5.97 Å². The average molecular weight is 270 g/mol. The van der Waals surface area contributed by atoms with Gasteiger partial charge in [-0.3, -0.25) is 4.79 Å². The van der Waals surface area contributed by atoms with Crippen LogP contribution in [0.3, 0.4) is 0 Å². The fraction of sp³-hybridized carbons (Fsp3) is 0.938. The third-order valence-corrected chi connectivity index (χ3v) is 4.92. The SMILES string of the molecule is C.CC1OC(=O)C2CC3CCCCC3CC12.COC. The highest BCUT2D eigenvalue weighted by Crippen LogP contribution is 2.49. The molecule has 3 nitrogen and oxygen atoms in total. The van der Waals surface area contributed by atoms with Crippen molar-refractivity contribution in [2.75, 3.05) is 14.2 Å². The number of ether oxygens (including phenoxy) is 2. The molecule has 5 unspecified atom stereocenters. The monoisotopic (exact) mass is 270 g/mol. The van der Waals surface area contributed by atoms with Gasteiger partial charge in [0.05, 0.1) is 5.92 Å². The van der Waals surface area contributed by atoms with E-state index in [2.05, 4.69) is 11.7 Å². The summed E-state index contributed by atoms with van der Waals surface area (Å²) >= 11 is 0. The number of carbonyl (C=O) groups excluding carboxylic acids is 1. The van der Waals surface area contributed by atoms with Crippen LogP contribution in [-0.2, 0) is 14.3 Å². The molecule has 2 aliphatic carbocycles. The number of hydrogen-bond donors (Lipinski definition) is 0. The van der Waals surface area contributed by atoms with E-state index in [1.54, 1.807) is 14.2 Å². The van der Waals surface area contributed by atoms with Crippen LogP contribution in [0.15, 0.2) is 0 Å². The third-order valence-electron chi connectivity index (χ3n) is 4.92. The van der Waals surface area contributed by atoms with Crippen molar-refractivity contribution in [1.82, 2.24) is 0 Å². The zero-order chi connectivity index (χ0) is 13.1. The summed E-state index contributed by atoms with van der Waals surface area (Å²) in [4.78, 5) is 11.7. The molecule has 0 amide bonds. The van der Waals surface area contributed by atoms with E-state index in [9.17, 15) is 4.79 Å². The Kier molecular flexibility index (Phi) is 6.31. The molecule has 0 aromatic rings. The molecule has 0 N–H and O–H groups in total. The Bertz CT molecular complexity index is 290. The standard InChI is InChI=1S/C13H20O2.C2H6O.CH4/c1-8-11-6-9-4-2-3-5-10(9)7-12(11)13(14)15-8;1-3-2;/h8-12H,2-7H2,1H3;1-2H3;1H4. The van der Waals surface area contributed by atoms with E-state index in [1.165, 1.54) is 32.1 Å². The van der Waals surface area contributed by atoms with Gasteiger partial charge in [-0.2, -0.15) is 0 Å². The fourth-order valence-electron chi connectivity index (χ4n) is 4.07. The largest absolute Gasteiger partial charge is 0.462 e. The number of methoxy groups -OCH3 is 1. The van der Waals surface area contributed by atoms with Gasteiger partial charge in [-0.25, -0.2) is 0 Å². The quantitative estimate of drug-likeness (QED) is 0.630. The van der Waals surface area contributed by atoms with E-state index >= 15 is 0 Å². The smallest absolute Gasteiger partial charge is 0.309 e. The molecule has 5 atom stereocenters. The van der Waals surface area contributed by atoms with E-state index in [4.69, 9.17) is 4.74 Å². The number of carbonyl (C=O) groups is 1. The molecule has 3 rings (SSSR count). The highest BCUT2D eigenvalue weighted by molar-refractivity contribution is 5.75. The predicted octanol–water partition coefficient (Wildman–Crippen LogP) is 3.66. The van der Waals surface area contributed by atoms with E-state index in [1.807, 2.05) is 0 Å². The molecule has 0 aromatic heterocycles. The van der Waals surface area contributed by atoms with Crippen molar-refractivity contribution in [1.29, 1.82) is 0 Å². The Morgan fingerprint density at radius 2 is 1.63 bits per heavy atom. The zero-order valence-electron chi connectivity index (χ0n) is 11.9. The molecule has 3 fully saturated rings. The lowest BCUT2D eigenvalue weighted by molar-refractivity contribution is -0.144. The summed E-state index contributed by atoms with van der Waals surface area (Å²) in [5, 5.41) is 0. The maximum absolute atomic E-state index is 11.7. The number of esters is 1. The number of cyclic esters (lactones) is 1. The lowest BCUT2D eigenvalue weighted by Crippen LogP contribution is -2.35. The Hall–Kier alpha value is -0.570. The first-order valence-corrected chi connectivity index (χ1v) is 7.28. The molecule has 3 aliphatic rings. The Morgan fingerprint density at radius 1 is 1.11 bits per heavy atom. The first kappa shape index (κ1) is 16.5. The van der Waals surface area contributed by atoms with Gasteiger partial charge in [-0.05, 0) is 31.6 Å². The Balaban J connectivity index is 0.000000416. The molecule has 0 spiro atoms. The minimum Gasteiger partial charge on any atom is -0.462 e. The second-order valence-corrected chi connectivity index (χ2v) is 6.10. The summed E-state index contributed by atoms with van der Waals surface area (Å²) in [6.45, 7) is 2.08. The van der Waals surface area contributed by atoms with Crippen LogP contribution < -0.4 is 0 Å². The summed E-state index contributed by atoms with van der Waals surface area (Å²) in [6, 6.07) is 0. The van der Waals surface area contributed by atoms with E-state index in [0.29, 0.717) is 5.92 Å². The Labute approximate surface area is 118 Å². The number of fused-ring (bicyclic) bond motifs is 2. The van der Waals surface area contributed by atoms with E-state index in [0.717, 1.165) is 18.3 Å². The molecule has 19 heavy (non-hydrogen) atoms. The van der Waals surface area contributed by atoms with Crippen molar-refractivity contribution in [3.63, 3.8) is 0 Å². The van der Waals surface area contributed by atoms with Crippen LogP contribution in [-0.4, -0.2) is 26.3 Å². The van der Waals surface area contributed by atoms with Gasteiger partial charge in [0.25, 0.3) is 0 Å². The van der Waals surface area contributed by atoms with Gasteiger partial charge in [-0.15, -0.1) is 0 Å². The van der Waals surface area contributed by atoms with Crippen LogP contribution >= 0.6 is 0 Å². The van der Waals surface area contributed by atoms with Gasteiger partial charge in [0.1, 0.15) is 6.10 Å². The van der Waals surface area contributed by atoms with Crippen molar-refractivity contribution in [3.05, 3.63) is 0 Å². The van der Waals surface area contributed by atoms with Gasteiger partial charge in [0.15, 0.2) is 0 Å². The van der Waals surface area contributed by atoms with Crippen LogP contribution in [0.5, 0.6) is 0 Å². The van der Waals surface area contributed by atoms with Crippen molar-refractivity contribution in [3.8, 4) is 0 Å². The molecule has 2 saturated carbocycles. The summed E-state index contributed by atoms with van der Waals surface area (Å²) in [7, 11) is 3.25. The van der Waals surface area contributed by atoms with Crippen molar-refractivity contribution in [2.24, 2.45) is 23.7 Å². The van der Waals surface area contributed by atoms with Gasteiger partial charge in [0.2, 0.25) is 0 Å². The first-order chi connectivity index (χ1) is 8.67. The summed E-state index contributed by atoms with van der Waals surface area (Å²) in [6.07, 6.45) is 8.10. The second-order valence-electron chi connectivity index (χ2n) is 6.10. The lowest BCUT2D eigenvalue weighted by atomic mass is 9.63. The number of rotatable bonds is 0. The molecule has 0 bridgehead atoms. The molecule has 0 aromatic carbocycles. The predicted molar refractivity (Wildman–Crippen MR) is 76.9 cm³/mol. The molecule has 3 heteroatoms. The molecule has 1 heterocycles. The average Bonchev–Trinajstić information content (AvgIpc) is 2.63. The van der Waals surface area contributed by atoms with Crippen LogP contribution in [0.2, 0.25) is 0 Å². The van der Waals surface area contributed by atoms with Crippen molar-refractivity contribution >= 4 is 5.97 Å². The highest BCUT2D eigenvalue weighted by Gasteiger charge is 2.48.